The van der Waals surface area contributed by atoms with Gasteiger partial charge in [0.2, 0.25) is 11.8 Å². The van der Waals surface area contributed by atoms with Gasteiger partial charge in [0.05, 0.1) is 5.02 Å². The second-order valence-corrected chi connectivity index (χ2v) is 7.26. The molecule has 4 nitrogen and oxygen atoms in total. The van der Waals surface area contributed by atoms with Gasteiger partial charge in [0.15, 0.2) is 0 Å². The largest absolute Gasteiger partial charge is 0.341 e. The molecule has 3 rings (SSSR count). The van der Waals surface area contributed by atoms with Gasteiger partial charge in [-0.05, 0) is 18.6 Å². The first-order valence-electron chi connectivity index (χ1n) is 7.96. The van der Waals surface area contributed by atoms with Gasteiger partial charge in [0.1, 0.15) is 0 Å². The maximum atomic E-state index is 12.4. The summed E-state index contributed by atoms with van der Waals surface area (Å²) < 4.78 is 1.11. The molecule has 126 valence electrons. The number of rotatable bonds is 2. The lowest BCUT2D eigenvalue weighted by atomic mass is 10.2. The summed E-state index contributed by atoms with van der Waals surface area (Å²) in [7, 11) is 0. The Bertz CT molecular complexity index is 799. The van der Waals surface area contributed by atoms with Crippen LogP contribution < -0.4 is 0 Å². The van der Waals surface area contributed by atoms with E-state index in [0.29, 0.717) is 31.2 Å². The lowest BCUT2D eigenvalue weighted by molar-refractivity contribution is -0.130. The molecular weight excluding hydrogens is 344 g/mol. The maximum absolute atomic E-state index is 12.4. The zero-order valence-corrected chi connectivity index (χ0v) is 15.1. The van der Waals surface area contributed by atoms with Gasteiger partial charge in [-0.3, -0.25) is 9.59 Å². The van der Waals surface area contributed by atoms with Crippen LogP contribution in [0.15, 0.2) is 30.3 Å². The van der Waals surface area contributed by atoms with Crippen molar-refractivity contribution in [3.63, 3.8) is 0 Å². The molecule has 0 aliphatic carbocycles. The van der Waals surface area contributed by atoms with E-state index in [0.717, 1.165) is 21.4 Å². The maximum Gasteiger partial charge on any atom is 0.246 e. The first kappa shape index (κ1) is 17.0. The van der Waals surface area contributed by atoms with Crippen molar-refractivity contribution in [2.45, 2.75) is 13.3 Å². The van der Waals surface area contributed by atoms with Gasteiger partial charge < -0.3 is 9.80 Å². The molecule has 0 radical (unpaired) electrons. The Morgan fingerprint density at radius 1 is 1.12 bits per heavy atom. The average Bonchev–Trinajstić information content (AvgIpc) is 2.76. The smallest absolute Gasteiger partial charge is 0.246 e. The van der Waals surface area contributed by atoms with Crippen LogP contribution in [-0.2, 0) is 9.59 Å². The van der Waals surface area contributed by atoms with E-state index < -0.39 is 0 Å². The molecule has 1 fully saturated rings. The minimum atomic E-state index is -0.0334. The fourth-order valence-electron chi connectivity index (χ4n) is 2.85. The van der Waals surface area contributed by atoms with Gasteiger partial charge in [-0.15, -0.1) is 11.3 Å². The van der Waals surface area contributed by atoms with Crippen LogP contribution in [0.4, 0.5) is 0 Å². The topological polar surface area (TPSA) is 40.6 Å². The third-order valence-electron chi connectivity index (χ3n) is 4.19. The molecule has 0 unspecified atom stereocenters. The highest BCUT2D eigenvalue weighted by Crippen LogP contribution is 2.35. The molecule has 2 heterocycles. The van der Waals surface area contributed by atoms with Crippen molar-refractivity contribution in [1.82, 2.24) is 9.80 Å². The third kappa shape index (κ3) is 3.62. The highest BCUT2D eigenvalue weighted by Gasteiger charge is 2.19. The Kier molecular flexibility index (Phi) is 5.21. The number of carbonyl (C=O) groups is 2. The minimum Gasteiger partial charge on any atom is -0.341 e. The van der Waals surface area contributed by atoms with Crippen molar-refractivity contribution < 1.29 is 9.59 Å². The zero-order chi connectivity index (χ0) is 17.1. The molecule has 2 aromatic rings. The molecular formula is C18H19ClN2O2S. The second kappa shape index (κ2) is 7.36. The van der Waals surface area contributed by atoms with E-state index in [4.69, 9.17) is 11.6 Å². The number of hydrogen-bond donors (Lipinski definition) is 0. The van der Waals surface area contributed by atoms with Crippen molar-refractivity contribution in [2.75, 3.05) is 26.2 Å². The van der Waals surface area contributed by atoms with E-state index in [1.165, 1.54) is 0 Å². The molecule has 1 aliphatic heterocycles. The summed E-state index contributed by atoms with van der Waals surface area (Å²) in [5.41, 5.74) is 0. The predicted octanol–water partition coefficient (Wildman–Crippen LogP) is 3.65. The number of benzene rings is 1. The number of nitrogens with zero attached hydrogens (tertiary/aromatic N) is 2. The molecule has 1 aromatic carbocycles. The first-order valence-corrected chi connectivity index (χ1v) is 9.15. The van der Waals surface area contributed by atoms with E-state index >= 15 is 0 Å². The van der Waals surface area contributed by atoms with Gasteiger partial charge in [-0.25, -0.2) is 0 Å². The Hall–Kier alpha value is -1.85. The normalized spacial score (nSPS) is 15.9. The lowest BCUT2D eigenvalue weighted by Gasteiger charge is -2.20. The van der Waals surface area contributed by atoms with Crippen LogP contribution in [0.25, 0.3) is 16.2 Å². The van der Waals surface area contributed by atoms with Crippen LogP contribution >= 0.6 is 22.9 Å². The fourth-order valence-corrected chi connectivity index (χ4v) is 4.24. The van der Waals surface area contributed by atoms with E-state index in [1.54, 1.807) is 40.2 Å². The van der Waals surface area contributed by atoms with Crippen molar-refractivity contribution in [2.24, 2.45) is 0 Å². The third-order valence-corrected chi connectivity index (χ3v) is 5.85. The quantitative estimate of drug-likeness (QED) is 0.765. The van der Waals surface area contributed by atoms with Gasteiger partial charge in [-0.2, -0.15) is 0 Å². The summed E-state index contributed by atoms with van der Waals surface area (Å²) in [5, 5.41) is 1.71. The SMILES string of the molecule is CC(=O)N1CCCN(C(=O)/C=C/c2sc3ccccc3c2Cl)CC1. The molecule has 0 saturated carbocycles. The lowest BCUT2D eigenvalue weighted by Crippen LogP contribution is -2.35. The molecule has 6 heteroatoms. The summed E-state index contributed by atoms with van der Waals surface area (Å²) in [6.07, 6.45) is 4.19. The Morgan fingerprint density at radius 3 is 2.58 bits per heavy atom. The van der Waals surface area contributed by atoms with Crippen molar-refractivity contribution in [3.05, 3.63) is 40.2 Å². The molecule has 1 aromatic heterocycles. The van der Waals surface area contributed by atoms with Crippen molar-refractivity contribution >= 4 is 50.9 Å². The van der Waals surface area contributed by atoms with Crippen LogP contribution in [0, 0.1) is 0 Å². The molecule has 1 aliphatic rings. The standard InChI is InChI=1S/C18H19ClN2O2S/c1-13(22)20-9-4-10-21(12-11-20)17(23)8-7-16-18(19)14-5-2-3-6-15(14)24-16/h2-3,5-8H,4,9-12H2,1H3/b8-7+. The molecule has 24 heavy (non-hydrogen) atoms. The van der Waals surface area contributed by atoms with Gasteiger partial charge >= 0.3 is 0 Å². The predicted molar refractivity (Wildman–Crippen MR) is 99.3 cm³/mol. The average molecular weight is 363 g/mol. The Labute approximate surface area is 150 Å². The highest BCUT2D eigenvalue weighted by atomic mass is 35.5. The summed E-state index contributed by atoms with van der Waals surface area (Å²) >= 11 is 7.98. The van der Waals surface area contributed by atoms with Crippen LogP contribution in [-0.4, -0.2) is 47.8 Å². The van der Waals surface area contributed by atoms with Gasteiger partial charge in [-0.1, -0.05) is 29.8 Å². The van der Waals surface area contributed by atoms with Crippen LogP contribution in [0.2, 0.25) is 5.02 Å². The number of hydrogen-bond acceptors (Lipinski definition) is 3. The number of carbonyl (C=O) groups excluding carboxylic acids is 2. The monoisotopic (exact) mass is 362 g/mol. The van der Waals surface area contributed by atoms with E-state index in [9.17, 15) is 9.59 Å². The summed E-state index contributed by atoms with van der Waals surface area (Å²) in [5.74, 6) is 0.0332. The Morgan fingerprint density at radius 2 is 1.83 bits per heavy atom. The zero-order valence-electron chi connectivity index (χ0n) is 13.5. The highest BCUT2D eigenvalue weighted by molar-refractivity contribution is 7.20. The summed E-state index contributed by atoms with van der Waals surface area (Å²) in [4.78, 5) is 28.4. The number of amides is 2. The number of fused-ring (bicyclic) bond motifs is 1. The molecule has 0 spiro atoms. The van der Waals surface area contributed by atoms with Crippen molar-refractivity contribution in [3.8, 4) is 0 Å². The molecule has 0 bridgehead atoms. The molecule has 1 saturated heterocycles. The van der Waals surface area contributed by atoms with Crippen LogP contribution in [0.1, 0.15) is 18.2 Å². The van der Waals surface area contributed by atoms with E-state index in [-0.39, 0.29) is 11.8 Å². The van der Waals surface area contributed by atoms with E-state index in [1.807, 2.05) is 24.3 Å². The van der Waals surface area contributed by atoms with E-state index in [2.05, 4.69) is 0 Å². The minimum absolute atomic E-state index is 0.0334. The number of thiophene rings is 1. The fraction of sp³-hybridized carbons (Fsp3) is 0.333. The van der Waals surface area contributed by atoms with Gasteiger partial charge in [0, 0.05) is 54.1 Å². The summed E-state index contributed by atoms with van der Waals surface area (Å²) in [6, 6.07) is 7.94. The molecule has 0 N–H and O–H groups in total. The molecule has 2 amide bonds. The second-order valence-electron chi connectivity index (χ2n) is 5.79. The van der Waals surface area contributed by atoms with Crippen molar-refractivity contribution in [1.29, 1.82) is 0 Å². The summed E-state index contributed by atoms with van der Waals surface area (Å²) in [6.45, 7) is 4.13. The molecule has 0 atom stereocenters. The first-order chi connectivity index (χ1) is 11.6. The Balaban J connectivity index is 1.70. The van der Waals surface area contributed by atoms with Crippen LogP contribution in [0.3, 0.4) is 0 Å². The van der Waals surface area contributed by atoms with Gasteiger partial charge in [0.25, 0.3) is 0 Å². The number of halogens is 1. The van der Waals surface area contributed by atoms with Crippen LogP contribution in [0.5, 0.6) is 0 Å².